The van der Waals surface area contributed by atoms with Crippen molar-refractivity contribution in [3.63, 3.8) is 0 Å². The van der Waals surface area contributed by atoms with E-state index in [0.717, 1.165) is 18.4 Å². The highest BCUT2D eigenvalue weighted by atomic mass is 19.1. The summed E-state index contributed by atoms with van der Waals surface area (Å²) in [5.41, 5.74) is 0.721. The first-order chi connectivity index (χ1) is 8.80. The number of nitrogens with zero attached hydrogens (tertiary/aromatic N) is 2. The minimum Gasteiger partial charge on any atom is -0.353 e. The number of hydrogen-bond donors (Lipinski definition) is 1. The Balaban J connectivity index is 1.75. The molecular weight excluding hydrogens is 229 g/mol. The molecule has 0 radical (unpaired) electrons. The van der Waals surface area contributed by atoms with Gasteiger partial charge >= 0.3 is 0 Å². The summed E-state index contributed by atoms with van der Waals surface area (Å²) in [6.45, 7) is 0.679. The lowest BCUT2D eigenvalue weighted by molar-refractivity contribution is 0.578. The minimum absolute atomic E-state index is 0.0788. The zero-order valence-corrected chi connectivity index (χ0v) is 9.94. The smallest absolute Gasteiger partial charge is 0.222 e. The van der Waals surface area contributed by atoms with E-state index in [1.807, 2.05) is 12.1 Å². The second kappa shape index (κ2) is 4.37. The first kappa shape index (κ1) is 11.1. The van der Waals surface area contributed by atoms with Gasteiger partial charge in [0, 0.05) is 24.4 Å². The number of rotatable bonds is 4. The summed E-state index contributed by atoms with van der Waals surface area (Å²) < 4.78 is 13.8. The van der Waals surface area contributed by atoms with Gasteiger partial charge in [0.2, 0.25) is 5.95 Å². The summed E-state index contributed by atoms with van der Waals surface area (Å²) >= 11 is 0. The van der Waals surface area contributed by atoms with E-state index >= 15 is 0 Å². The molecule has 1 aliphatic rings. The van der Waals surface area contributed by atoms with Gasteiger partial charge in [-0.3, -0.25) is 0 Å². The third kappa shape index (κ3) is 2.06. The van der Waals surface area contributed by atoms with Crippen molar-refractivity contribution in [1.82, 2.24) is 9.97 Å². The summed E-state index contributed by atoms with van der Waals surface area (Å²) in [7, 11) is 0. The van der Waals surface area contributed by atoms with Crippen molar-refractivity contribution >= 4 is 5.95 Å². The van der Waals surface area contributed by atoms with Crippen molar-refractivity contribution in [2.75, 3.05) is 11.9 Å². The van der Waals surface area contributed by atoms with E-state index in [1.54, 1.807) is 24.5 Å². The molecule has 1 fully saturated rings. The molecule has 0 aliphatic heterocycles. The van der Waals surface area contributed by atoms with E-state index in [1.165, 1.54) is 6.07 Å². The fraction of sp³-hybridized carbons (Fsp3) is 0.286. The van der Waals surface area contributed by atoms with Gasteiger partial charge in [0.05, 0.1) is 0 Å². The van der Waals surface area contributed by atoms with Crippen molar-refractivity contribution < 1.29 is 4.39 Å². The molecule has 4 heteroatoms. The van der Waals surface area contributed by atoms with Crippen LogP contribution in [-0.4, -0.2) is 16.5 Å². The van der Waals surface area contributed by atoms with Gasteiger partial charge in [-0.1, -0.05) is 18.2 Å². The maximum absolute atomic E-state index is 13.8. The van der Waals surface area contributed by atoms with E-state index in [2.05, 4.69) is 15.3 Å². The number of anilines is 1. The highest BCUT2D eigenvalue weighted by Gasteiger charge is 2.45. The molecule has 1 heterocycles. The molecule has 0 amide bonds. The highest BCUT2D eigenvalue weighted by Crippen LogP contribution is 2.48. The Hall–Kier alpha value is -1.97. The molecule has 92 valence electrons. The molecule has 1 aliphatic carbocycles. The van der Waals surface area contributed by atoms with Gasteiger partial charge in [-0.05, 0) is 30.5 Å². The average Bonchev–Trinajstić information content (AvgIpc) is 3.19. The van der Waals surface area contributed by atoms with Gasteiger partial charge < -0.3 is 5.32 Å². The van der Waals surface area contributed by atoms with E-state index in [9.17, 15) is 4.39 Å². The van der Waals surface area contributed by atoms with Gasteiger partial charge in [-0.2, -0.15) is 0 Å². The number of hydrogen-bond acceptors (Lipinski definition) is 3. The standard InChI is InChI=1S/C14H14FN3/c15-12-5-2-1-4-11(12)14(6-7-14)10-18-13-16-8-3-9-17-13/h1-5,8-9H,6-7,10H2,(H,16,17,18). The van der Waals surface area contributed by atoms with E-state index in [0.29, 0.717) is 12.5 Å². The van der Waals surface area contributed by atoms with Crippen LogP contribution in [0.2, 0.25) is 0 Å². The molecule has 3 nitrogen and oxygen atoms in total. The van der Waals surface area contributed by atoms with Crippen LogP contribution in [0.15, 0.2) is 42.7 Å². The lowest BCUT2D eigenvalue weighted by atomic mass is 9.95. The molecule has 1 aromatic heterocycles. The number of nitrogens with one attached hydrogen (secondary N) is 1. The Morgan fingerprint density at radius 3 is 2.50 bits per heavy atom. The van der Waals surface area contributed by atoms with Crippen LogP contribution in [0.4, 0.5) is 10.3 Å². The highest BCUT2D eigenvalue weighted by molar-refractivity contribution is 5.36. The third-order valence-electron chi connectivity index (χ3n) is 3.45. The molecule has 1 saturated carbocycles. The van der Waals surface area contributed by atoms with E-state index in [-0.39, 0.29) is 11.2 Å². The molecule has 0 bridgehead atoms. The average molecular weight is 243 g/mol. The number of benzene rings is 1. The van der Waals surface area contributed by atoms with Crippen molar-refractivity contribution in [1.29, 1.82) is 0 Å². The topological polar surface area (TPSA) is 37.8 Å². The van der Waals surface area contributed by atoms with Gasteiger partial charge in [0.25, 0.3) is 0 Å². The fourth-order valence-corrected chi connectivity index (χ4v) is 2.22. The monoisotopic (exact) mass is 243 g/mol. The Kier molecular flexibility index (Phi) is 2.70. The molecule has 1 aromatic carbocycles. The van der Waals surface area contributed by atoms with Gasteiger partial charge in [0.1, 0.15) is 5.82 Å². The number of aromatic nitrogens is 2. The van der Waals surface area contributed by atoms with Crippen LogP contribution in [-0.2, 0) is 5.41 Å². The summed E-state index contributed by atoms with van der Waals surface area (Å²) in [6.07, 6.45) is 5.40. The molecule has 0 unspecified atom stereocenters. The van der Waals surface area contributed by atoms with Crippen LogP contribution >= 0.6 is 0 Å². The first-order valence-corrected chi connectivity index (χ1v) is 6.06. The maximum atomic E-state index is 13.8. The molecule has 18 heavy (non-hydrogen) atoms. The van der Waals surface area contributed by atoms with Gasteiger partial charge in [0.15, 0.2) is 0 Å². The van der Waals surface area contributed by atoms with Crippen LogP contribution in [0.3, 0.4) is 0 Å². The van der Waals surface area contributed by atoms with Crippen molar-refractivity contribution in [3.05, 3.63) is 54.1 Å². The SMILES string of the molecule is Fc1ccccc1C1(CNc2ncccn2)CC1. The van der Waals surface area contributed by atoms with Crippen LogP contribution in [0.5, 0.6) is 0 Å². The zero-order valence-electron chi connectivity index (χ0n) is 9.94. The lowest BCUT2D eigenvalue weighted by Crippen LogP contribution is -2.21. The Bertz CT molecular complexity index is 538. The van der Waals surface area contributed by atoms with Crippen LogP contribution in [0.25, 0.3) is 0 Å². The quantitative estimate of drug-likeness (QED) is 0.897. The van der Waals surface area contributed by atoms with Crippen molar-refractivity contribution in [2.45, 2.75) is 18.3 Å². The predicted molar refractivity (Wildman–Crippen MR) is 67.8 cm³/mol. The zero-order chi connectivity index (χ0) is 12.4. The second-order valence-electron chi connectivity index (χ2n) is 4.69. The molecule has 3 rings (SSSR count). The molecule has 1 N–H and O–H groups in total. The number of halogens is 1. The fourth-order valence-electron chi connectivity index (χ4n) is 2.22. The minimum atomic E-state index is -0.120. The van der Waals surface area contributed by atoms with Crippen LogP contribution in [0, 0.1) is 5.82 Å². The van der Waals surface area contributed by atoms with E-state index in [4.69, 9.17) is 0 Å². The molecule has 2 aromatic rings. The summed E-state index contributed by atoms with van der Waals surface area (Å²) in [6, 6.07) is 8.78. The first-order valence-electron chi connectivity index (χ1n) is 6.06. The molecule has 0 saturated heterocycles. The summed E-state index contributed by atoms with van der Waals surface area (Å²) in [5, 5.41) is 3.18. The Morgan fingerprint density at radius 2 is 1.83 bits per heavy atom. The Labute approximate surface area is 105 Å². The van der Waals surface area contributed by atoms with Gasteiger partial charge in [-0.25, -0.2) is 14.4 Å². The Morgan fingerprint density at radius 1 is 1.11 bits per heavy atom. The summed E-state index contributed by atoms with van der Waals surface area (Å²) in [4.78, 5) is 8.22. The largest absolute Gasteiger partial charge is 0.353 e. The van der Waals surface area contributed by atoms with Gasteiger partial charge in [-0.15, -0.1) is 0 Å². The van der Waals surface area contributed by atoms with Crippen molar-refractivity contribution in [3.8, 4) is 0 Å². The van der Waals surface area contributed by atoms with Crippen LogP contribution in [0.1, 0.15) is 18.4 Å². The normalized spacial score (nSPS) is 16.3. The predicted octanol–water partition coefficient (Wildman–Crippen LogP) is 2.76. The molecule has 0 atom stereocenters. The van der Waals surface area contributed by atoms with Crippen LogP contribution < -0.4 is 5.32 Å². The lowest BCUT2D eigenvalue weighted by Gasteiger charge is -2.17. The summed E-state index contributed by atoms with van der Waals surface area (Å²) in [5.74, 6) is 0.478. The second-order valence-corrected chi connectivity index (χ2v) is 4.69. The molecule has 0 spiro atoms. The third-order valence-corrected chi connectivity index (χ3v) is 3.45. The molecular formula is C14H14FN3. The maximum Gasteiger partial charge on any atom is 0.222 e. The van der Waals surface area contributed by atoms with Crippen molar-refractivity contribution in [2.24, 2.45) is 0 Å². The van der Waals surface area contributed by atoms with E-state index < -0.39 is 0 Å².